The highest BCUT2D eigenvalue weighted by molar-refractivity contribution is 5.95. The summed E-state index contributed by atoms with van der Waals surface area (Å²) >= 11 is 0. The molecule has 1 heterocycles. The first-order chi connectivity index (χ1) is 10.6. The van der Waals surface area contributed by atoms with E-state index in [1.54, 1.807) is 19.3 Å². The van der Waals surface area contributed by atoms with Gasteiger partial charge in [-0.2, -0.15) is 5.48 Å². The zero-order valence-corrected chi connectivity index (χ0v) is 12.8. The van der Waals surface area contributed by atoms with Crippen LogP contribution >= 0.6 is 0 Å². The van der Waals surface area contributed by atoms with Crippen LogP contribution < -0.4 is 15.5 Å². The van der Waals surface area contributed by atoms with Crippen molar-refractivity contribution < 1.29 is 15.4 Å². The molecule has 0 aliphatic heterocycles. The molecular weight excluding hydrogens is 278 g/mol. The second-order valence-electron chi connectivity index (χ2n) is 4.80. The summed E-state index contributed by atoms with van der Waals surface area (Å²) in [5.74, 6) is 0.723. The van der Waals surface area contributed by atoms with Crippen LogP contribution in [-0.2, 0) is 0 Å². The van der Waals surface area contributed by atoms with Gasteiger partial charge in [0.15, 0.2) is 5.70 Å². The Morgan fingerprint density at radius 1 is 1.45 bits per heavy atom. The highest BCUT2D eigenvalue weighted by atomic mass is 16.5. The zero-order chi connectivity index (χ0) is 16.1. The maximum absolute atomic E-state index is 9.07. The van der Waals surface area contributed by atoms with Crippen molar-refractivity contribution in [3.63, 3.8) is 0 Å². The van der Waals surface area contributed by atoms with Gasteiger partial charge < -0.3 is 10.1 Å². The maximum atomic E-state index is 9.07. The van der Waals surface area contributed by atoms with Gasteiger partial charge in [-0.25, -0.2) is 10.2 Å². The molecule has 114 valence electrons. The Balaban J connectivity index is 2.45. The van der Waals surface area contributed by atoms with Gasteiger partial charge in [0.1, 0.15) is 11.3 Å². The molecule has 1 aromatic carbocycles. The number of hydrogen-bond donors (Lipinski definition) is 3. The number of ether oxygens (including phenoxy) is 1. The smallest absolute Gasteiger partial charge is 0.163 e. The molecule has 2 rings (SSSR count). The number of nitrogens with one attached hydrogen (secondary N) is 1. The number of rotatable bonds is 6. The lowest BCUT2D eigenvalue weighted by Crippen LogP contribution is -2.77. The van der Waals surface area contributed by atoms with Crippen LogP contribution in [0.15, 0.2) is 61.0 Å². The number of hydroxylamine groups is 1. The third-order valence-corrected chi connectivity index (χ3v) is 3.17. The molecule has 0 fully saturated rings. The fourth-order valence-electron chi connectivity index (χ4n) is 2.18. The molecule has 2 aromatic rings. The van der Waals surface area contributed by atoms with E-state index in [1.807, 2.05) is 31.2 Å². The van der Waals surface area contributed by atoms with Gasteiger partial charge in [0.25, 0.3) is 0 Å². The average Bonchev–Trinajstić information content (AvgIpc) is 2.51. The fraction of sp³-hybridized carbons (Fsp3) is 0.118. The normalized spacial score (nSPS) is 11.3. The van der Waals surface area contributed by atoms with E-state index < -0.39 is 0 Å². The molecule has 4 N–H and O–H groups in total. The fourth-order valence-corrected chi connectivity index (χ4v) is 2.18. The molecule has 0 atom stereocenters. The van der Waals surface area contributed by atoms with E-state index in [9.17, 15) is 0 Å². The molecule has 5 nitrogen and oxygen atoms in total. The molecule has 0 saturated carbocycles. The van der Waals surface area contributed by atoms with E-state index >= 15 is 0 Å². The lowest BCUT2D eigenvalue weighted by atomic mass is 10.1. The van der Waals surface area contributed by atoms with Crippen LogP contribution in [0.25, 0.3) is 10.9 Å². The number of para-hydroxylation sites is 1. The number of nitrogens with two attached hydrogens (primary N) is 1. The highest BCUT2D eigenvalue weighted by Crippen LogP contribution is 2.30. The number of benzene rings is 1. The Labute approximate surface area is 129 Å². The molecule has 0 amide bonds. The van der Waals surface area contributed by atoms with E-state index in [1.165, 1.54) is 0 Å². The lowest BCUT2D eigenvalue weighted by molar-refractivity contribution is -0.848. The van der Waals surface area contributed by atoms with Crippen LogP contribution in [-0.4, -0.2) is 17.3 Å². The van der Waals surface area contributed by atoms with E-state index in [0.29, 0.717) is 11.4 Å². The topological polar surface area (TPSA) is 71.0 Å². The molecule has 0 aliphatic rings. The number of fused-ring (bicyclic) bond motifs is 1. The lowest BCUT2D eigenvalue weighted by Gasteiger charge is -2.12. The largest absolute Gasteiger partial charge is 0.494 e. The number of hydrogen-bond acceptors (Lipinski definition) is 4. The van der Waals surface area contributed by atoms with Gasteiger partial charge in [-0.1, -0.05) is 25.3 Å². The monoisotopic (exact) mass is 298 g/mol. The minimum Gasteiger partial charge on any atom is -0.494 e. The number of aromatic nitrogens is 1. The van der Waals surface area contributed by atoms with Crippen LogP contribution in [0.2, 0.25) is 0 Å². The van der Waals surface area contributed by atoms with Gasteiger partial charge in [0.2, 0.25) is 0 Å². The summed E-state index contributed by atoms with van der Waals surface area (Å²) in [7, 11) is 1.63. The summed E-state index contributed by atoms with van der Waals surface area (Å²) in [6.45, 7) is 9.49. The molecule has 0 unspecified atom stereocenters. The average molecular weight is 298 g/mol. The van der Waals surface area contributed by atoms with Crippen molar-refractivity contribution in [1.82, 2.24) is 4.98 Å². The van der Waals surface area contributed by atoms with Gasteiger partial charge in [0, 0.05) is 28.5 Å². The van der Waals surface area contributed by atoms with Gasteiger partial charge in [-0.15, -0.1) is 0 Å². The first-order valence-corrected chi connectivity index (χ1v) is 6.81. The van der Waals surface area contributed by atoms with E-state index in [4.69, 9.17) is 9.94 Å². The summed E-state index contributed by atoms with van der Waals surface area (Å²) in [4.78, 5) is 4.54. The van der Waals surface area contributed by atoms with E-state index in [0.717, 1.165) is 33.5 Å². The highest BCUT2D eigenvalue weighted by Gasteiger charge is 2.09. The molecule has 0 saturated heterocycles. The van der Waals surface area contributed by atoms with Crippen LogP contribution in [0.3, 0.4) is 0 Å². The van der Waals surface area contributed by atoms with Crippen molar-refractivity contribution in [3.05, 3.63) is 66.7 Å². The Kier molecular flexibility index (Phi) is 4.93. The van der Waals surface area contributed by atoms with Crippen molar-refractivity contribution in [2.24, 2.45) is 0 Å². The number of pyridine rings is 1. The molecule has 1 aromatic heterocycles. The number of nitrogens with zero attached hydrogens (tertiary/aromatic N) is 1. The zero-order valence-electron chi connectivity index (χ0n) is 12.8. The van der Waals surface area contributed by atoms with Gasteiger partial charge in [-0.05, 0) is 25.1 Å². The summed E-state index contributed by atoms with van der Waals surface area (Å²) in [5, 5.41) is 13.2. The standard InChI is InChI=1S/C17H19N3O2/c1-5-13(20-21)9-11(2)18-15-10-12(3)19-17-14(15)7-6-8-16(17)22-4/h5-10,20-21H,1-2H2,3-4H3,(H,18,19)/p+1/b13-9+. The van der Waals surface area contributed by atoms with Crippen molar-refractivity contribution in [1.29, 1.82) is 0 Å². The molecule has 22 heavy (non-hydrogen) atoms. The van der Waals surface area contributed by atoms with Crippen molar-refractivity contribution in [3.8, 4) is 5.75 Å². The number of aryl methyl sites for hydroxylation is 1. The summed E-state index contributed by atoms with van der Waals surface area (Å²) in [6.07, 6.45) is 3.25. The molecular formula is C17H20N3O2+. The summed E-state index contributed by atoms with van der Waals surface area (Å²) in [6, 6.07) is 7.70. The Morgan fingerprint density at radius 2 is 2.23 bits per heavy atom. The van der Waals surface area contributed by atoms with Crippen LogP contribution in [0.1, 0.15) is 5.69 Å². The summed E-state index contributed by atoms with van der Waals surface area (Å²) < 4.78 is 5.37. The van der Waals surface area contributed by atoms with E-state index in [2.05, 4.69) is 23.5 Å². The second-order valence-corrected chi connectivity index (χ2v) is 4.80. The molecule has 0 radical (unpaired) electrons. The molecule has 0 spiro atoms. The first kappa shape index (κ1) is 15.8. The minimum absolute atomic E-state index is 0.574. The van der Waals surface area contributed by atoms with Gasteiger partial charge in [-0.3, -0.25) is 0 Å². The maximum Gasteiger partial charge on any atom is 0.163 e. The quantitative estimate of drug-likeness (QED) is 0.566. The minimum atomic E-state index is 0.574. The number of quaternary nitrogens is 1. The van der Waals surface area contributed by atoms with Crippen molar-refractivity contribution >= 4 is 16.6 Å². The molecule has 0 bridgehead atoms. The van der Waals surface area contributed by atoms with Gasteiger partial charge in [0.05, 0.1) is 7.11 Å². The summed E-state index contributed by atoms with van der Waals surface area (Å²) in [5.41, 5.74) is 4.73. The Morgan fingerprint density at radius 3 is 2.86 bits per heavy atom. The second kappa shape index (κ2) is 6.89. The molecule has 0 aliphatic carbocycles. The van der Waals surface area contributed by atoms with Crippen LogP contribution in [0, 0.1) is 6.92 Å². The SMILES string of the molecule is C=C/C(=C\C(=C)Nc1cc(C)nc2c(OC)cccc12)[NH2+]O. The number of allylic oxidation sites excluding steroid dienone is 2. The van der Waals surface area contributed by atoms with E-state index in [-0.39, 0.29) is 0 Å². The van der Waals surface area contributed by atoms with Crippen LogP contribution in [0.4, 0.5) is 5.69 Å². The third-order valence-electron chi connectivity index (χ3n) is 3.17. The number of anilines is 1. The first-order valence-electron chi connectivity index (χ1n) is 6.81. The van der Waals surface area contributed by atoms with Gasteiger partial charge >= 0.3 is 0 Å². The Bertz CT molecular complexity index is 751. The van der Waals surface area contributed by atoms with Crippen molar-refractivity contribution in [2.75, 3.05) is 12.4 Å². The molecule has 5 heteroatoms. The predicted molar refractivity (Wildman–Crippen MR) is 87.8 cm³/mol. The Hall–Kier alpha value is -2.63. The third kappa shape index (κ3) is 3.33. The van der Waals surface area contributed by atoms with Crippen molar-refractivity contribution in [2.45, 2.75) is 6.92 Å². The van der Waals surface area contributed by atoms with Crippen LogP contribution in [0.5, 0.6) is 5.75 Å². The number of methoxy groups -OCH3 is 1. The predicted octanol–water partition coefficient (Wildman–Crippen LogP) is 2.50.